The standard InChI is InChI=1S/C13H18N2O4S/c1-20-7-6-14-13(19)15-11(12(17)18)8-9-2-4-10(16)5-3-9/h2-5,11,16H,6-8H2,1H3,(H,17,18)(H2,14,15,19)/t11-/m0/s1. The van der Waals surface area contributed by atoms with Crippen LogP contribution in [0.15, 0.2) is 24.3 Å². The van der Waals surface area contributed by atoms with Gasteiger partial charge in [0.1, 0.15) is 11.8 Å². The van der Waals surface area contributed by atoms with Crippen molar-refractivity contribution in [2.75, 3.05) is 18.6 Å². The third kappa shape index (κ3) is 5.83. The maximum absolute atomic E-state index is 11.5. The number of amides is 2. The number of hydrogen-bond acceptors (Lipinski definition) is 4. The molecule has 2 amide bonds. The van der Waals surface area contributed by atoms with E-state index in [4.69, 9.17) is 10.2 Å². The van der Waals surface area contributed by atoms with Gasteiger partial charge in [0.2, 0.25) is 0 Å². The summed E-state index contributed by atoms with van der Waals surface area (Å²) in [6, 6.07) is 4.70. The predicted molar refractivity (Wildman–Crippen MR) is 78.2 cm³/mol. The summed E-state index contributed by atoms with van der Waals surface area (Å²) in [5, 5.41) is 23.3. The van der Waals surface area contributed by atoms with E-state index in [9.17, 15) is 9.59 Å². The van der Waals surface area contributed by atoms with Crippen molar-refractivity contribution in [2.24, 2.45) is 0 Å². The third-order valence-corrected chi connectivity index (χ3v) is 3.18. The van der Waals surface area contributed by atoms with Crippen LogP contribution < -0.4 is 10.6 Å². The molecule has 0 radical (unpaired) electrons. The van der Waals surface area contributed by atoms with E-state index in [1.54, 1.807) is 23.9 Å². The molecule has 0 bridgehead atoms. The number of aromatic hydroxyl groups is 1. The average molecular weight is 298 g/mol. The van der Waals surface area contributed by atoms with Gasteiger partial charge >= 0.3 is 12.0 Å². The number of urea groups is 1. The molecule has 0 spiro atoms. The predicted octanol–water partition coefficient (Wildman–Crippen LogP) is 1.05. The van der Waals surface area contributed by atoms with Crippen LogP contribution in [-0.4, -0.2) is 46.8 Å². The summed E-state index contributed by atoms with van der Waals surface area (Å²) in [4.78, 5) is 22.7. The van der Waals surface area contributed by atoms with Crippen LogP contribution in [0, 0.1) is 0 Å². The molecule has 0 unspecified atom stereocenters. The Kier molecular flexibility index (Phi) is 6.72. The zero-order chi connectivity index (χ0) is 15.0. The first-order valence-corrected chi connectivity index (χ1v) is 7.46. The number of carboxylic acids is 1. The zero-order valence-corrected chi connectivity index (χ0v) is 11.9. The molecule has 0 aliphatic carbocycles. The molecule has 0 aliphatic heterocycles. The van der Waals surface area contributed by atoms with E-state index in [1.807, 2.05) is 6.26 Å². The van der Waals surface area contributed by atoms with Crippen molar-refractivity contribution in [2.45, 2.75) is 12.5 Å². The molecule has 1 atom stereocenters. The highest BCUT2D eigenvalue weighted by molar-refractivity contribution is 7.98. The van der Waals surface area contributed by atoms with Crippen LogP contribution in [0.25, 0.3) is 0 Å². The lowest BCUT2D eigenvalue weighted by atomic mass is 10.1. The van der Waals surface area contributed by atoms with Crippen molar-refractivity contribution in [3.05, 3.63) is 29.8 Å². The minimum absolute atomic E-state index is 0.114. The van der Waals surface area contributed by atoms with Gasteiger partial charge in [-0.25, -0.2) is 9.59 Å². The summed E-state index contributed by atoms with van der Waals surface area (Å²) in [7, 11) is 0. The first-order valence-electron chi connectivity index (χ1n) is 6.07. The van der Waals surface area contributed by atoms with Gasteiger partial charge in [-0.15, -0.1) is 0 Å². The van der Waals surface area contributed by atoms with Gasteiger partial charge in [0.15, 0.2) is 0 Å². The second-order valence-electron chi connectivity index (χ2n) is 4.15. The van der Waals surface area contributed by atoms with E-state index in [0.29, 0.717) is 6.54 Å². The van der Waals surface area contributed by atoms with Crippen LogP contribution in [0.2, 0.25) is 0 Å². The number of nitrogens with one attached hydrogen (secondary N) is 2. The molecule has 6 nitrogen and oxygen atoms in total. The summed E-state index contributed by atoms with van der Waals surface area (Å²) >= 11 is 1.59. The molecule has 0 aromatic heterocycles. The van der Waals surface area contributed by atoms with Crippen LogP contribution in [-0.2, 0) is 11.2 Å². The van der Waals surface area contributed by atoms with E-state index in [0.717, 1.165) is 11.3 Å². The Morgan fingerprint density at radius 1 is 1.30 bits per heavy atom. The number of carbonyl (C=O) groups is 2. The lowest BCUT2D eigenvalue weighted by Gasteiger charge is -2.15. The van der Waals surface area contributed by atoms with E-state index in [-0.39, 0.29) is 12.2 Å². The summed E-state index contributed by atoms with van der Waals surface area (Å²) in [5.41, 5.74) is 0.722. The molecule has 4 N–H and O–H groups in total. The molecule has 7 heteroatoms. The minimum Gasteiger partial charge on any atom is -0.508 e. The number of aliphatic carboxylic acids is 1. The molecule has 0 heterocycles. The second kappa shape index (κ2) is 8.31. The number of phenolic OH excluding ortho intramolecular Hbond substituents is 1. The van der Waals surface area contributed by atoms with Crippen molar-refractivity contribution in [3.8, 4) is 5.75 Å². The fourth-order valence-electron chi connectivity index (χ4n) is 1.54. The van der Waals surface area contributed by atoms with Gasteiger partial charge in [0.05, 0.1) is 0 Å². The molecule has 1 aromatic rings. The first kappa shape index (κ1) is 16.2. The highest BCUT2D eigenvalue weighted by Gasteiger charge is 2.20. The average Bonchev–Trinajstić information content (AvgIpc) is 2.40. The van der Waals surface area contributed by atoms with Crippen molar-refractivity contribution >= 4 is 23.8 Å². The molecular weight excluding hydrogens is 280 g/mol. The fraction of sp³-hybridized carbons (Fsp3) is 0.385. The van der Waals surface area contributed by atoms with Gasteiger partial charge in [0, 0.05) is 18.7 Å². The van der Waals surface area contributed by atoms with Gasteiger partial charge in [-0.2, -0.15) is 11.8 Å². The topological polar surface area (TPSA) is 98.7 Å². The summed E-state index contributed by atoms with van der Waals surface area (Å²) in [5.74, 6) is -0.218. The first-order chi connectivity index (χ1) is 9.52. The van der Waals surface area contributed by atoms with Crippen LogP contribution in [0.3, 0.4) is 0 Å². The number of carbonyl (C=O) groups excluding carboxylic acids is 1. The number of carboxylic acid groups (broad SMARTS) is 1. The monoisotopic (exact) mass is 298 g/mol. The molecule has 0 fully saturated rings. The maximum atomic E-state index is 11.5. The largest absolute Gasteiger partial charge is 0.508 e. The Bertz CT molecular complexity index is 450. The number of thioether (sulfide) groups is 1. The lowest BCUT2D eigenvalue weighted by molar-refractivity contribution is -0.139. The molecule has 110 valence electrons. The second-order valence-corrected chi connectivity index (χ2v) is 5.14. The SMILES string of the molecule is CSCCNC(=O)N[C@@H](Cc1ccc(O)cc1)C(=O)O. The number of benzene rings is 1. The van der Waals surface area contributed by atoms with Gasteiger partial charge < -0.3 is 20.8 Å². The highest BCUT2D eigenvalue weighted by Crippen LogP contribution is 2.11. The summed E-state index contributed by atoms with van der Waals surface area (Å²) in [6.45, 7) is 0.485. The molecule has 20 heavy (non-hydrogen) atoms. The minimum atomic E-state index is -1.10. The van der Waals surface area contributed by atoms with Crippen LogP contribution >= 0.6 is 11.8 Å². The summed E-state index contributed by atoms with van der Waals surface area (Å²) in [6.07, 6.45) is 2.08. The molecule has 1 rings (SSSR count). The fourth-order valence-corrected chi connectivity index (χ4v) is 1.85. The Hall–Kier alpha value is -1.89. The van der Waals surface area contributed by atoms with Crippen LogP contribution in [0.4, 0.5) is 4.79 Å². The van der Waals surface area contributed by atoms with E-state index in [1.165, 1.54) is 12.1 Å². The Labute approximate surface area is 121 Å². The van der Waals surface area contributed by atoms with E-state index in [2.05, 4.69) is 10.6 Å². The summed E-state index contributed by atoms with van der Waals surface area (Å²) < 4.78 is 0. The van der Waals surface area contributed by atoms with E-state index >= 15 is 0 Å². The lowest BCUT2D eigenvalue weighted by Crippen LogP contribution is -2.47. The van der Waals surface area contributed by atoms with Gasteiger partial charge in [-0.1, -0.05) is 12.1 Å². The third-order valence-electron chi connectivity index (χ3n) is 2.57. The normalized spacial score (nSPS) is 11.7. The van der Waals surface area contributed by atoms with Crippen molar-refractivity contribution in [1.29, 1.82) is 0 Å². The van der Waals surface area contributed by atoms with Crippen LogP contribution in [0.1, 0.15) is 5.56 Å². The molecule has 1 aromatic carbocycles. The molecule has 0 saturated heterocycles. The Morgan fingerprint density at radius 2 is 1.95 bits per heavy atom. The molecule has 0 aliphatic rings. The van der Waals surface area contributed by atoms with Crippen molar-refractivity contribution in [1.82, 2.24) is 10.6 Å². The molecule has 0 saturated carbocycles. The Balaban J connectivity index is 2.54. The maximum Gasteiger partial charge on any atom is 0.326 e. The van der Waals surface area contributed by atoms with Gasteiger partial charge in [-0.05, 0) is 24.0 Å². The quantitative estimate of drug-likeness (QED) is 0.564. The zero-order valence-electron chi connectivity index (χ0n) is 11.1. The van der Waals surface area contributed by atoms with Crippen LogP contribution in [0.5, 0.6) is 5.75 Å². The van der Waals surface area contributed by atoms with Crippen molar-refractivity contribution in [3.63, 3.8) is 0 Å². The number of rotatable bonds is 7. The van der Waals surface area contributed by atoms with Gasteiger partial charge in [-0.3, -0.25) is 0 Å². The number of hydrogen-bond donors (Lipinski definition) is 4. The van der Waals surface area contributed by atoms with Gasteiger partial charge in [0.25, 0.3) is 0 Å². The smallest absolute Gasteiger partial charge is 0.326 e. The Morgan fingerprint density at radius 3 is 2.50 bits per heavy atom. The molecular formula is C13H18N2O4S. The number of phenols is 1. The highest BCUT2D eigenvalue weighted by atomic mass is 32.2. The van der Waals surface area contributed by atoms with E-state index < -0.39 is 18.0 Å². The van der Waals surface area contributed by atoms with Crippen molar-refractivity contribution < 1.29 is 19.8 Å².